The second kappa shape index (κ2) is 10.3. The largest absolute Gasteiger partial charge is 0.385 e. The highest BCUT2D eigenvalue weighted by Crippen LogP contribution is 2.45. The normalized spacial score (nSPS) is 23.8. The van der Waals surface area contributed by atoms with Crippen LogP contribution in [-0.4, -0.2) is 68.4 Å². The summed E-state index contributed by atoms with van der Waals surface area (Å²) in [6.45, 7) is 4.51. The zero-order valence-electron chi connectivity index (χ0n) is 23.7. The molecule has 2 aromatic carbocycles. The van der Waals surface area contributed by atoms with Crippen LogP contribution in [0.2, 0.25) is 5.02 Å². The van der Waals surface area contributed by atoms with E-state index in [0.717, 1.165) is 29.6 Å². The number of hydrogen-bond donors (Lipinski definition) is 3. The molecule has 2 atom stereocenters. The van der Waals surface area contributed by atoms with Gasteiger partial charge in [0.2, 0.25) is 17.7 Å². The number of hydrogen-bond acceptors (Lipinski definition) is 6. The summed E-state index contributed by atoms with van der Waals surface area (Å²) in [4.78, 5) is 53.6. The number of amides is 4. The Hall–Kier alpha value is -3.53. The number of piperidine rings is 1. The predicted octanol–water partition coefficient (Wildman–Crippen LogP) is 3.37. The van der Waals surface area contributed by atoms with Crippen LogP contribution in [0.25, 0.3) is 5.57 Å². The Morgan fingerprint density at radius 1 is 1.07 bits per heavy atom. The van der Waals surface area contributed by atoms with E-state index in [1.165, 1.54) is 4.90 Å². The summed E-state index contributed by atoms with van der Waals surface area (Å²) in [5.41, 5.74) is 2.70. The number of nitrogens with zero attached hydrogens (tertiary/aromatic N) is 2. The zero-order valence-corrected chi connectivity index (χ0v) is 24.4. The highest BCUT2D eigenvalue weighted by molar-refractivity contribution is 6.30. The number of imide groups is 1. The molecule has 6 rings (SSSR count). The maximum absolute atomic E-state index is 13.7. The van der Waals surface area contributed by atoms with Crippen LogP contribution in [0.1, 0.15) is 79.1 Å². The van der Waals surface area contributed by atoms with E-state index < -0.39 is 23.7 Å². The molecule has 0 bridgehead atoms. The highest BCUT2D eigenvalue weighted by Gasteiger charge is 2.51. The van der Waals surface area contributed by atoms with Crippen molar-refractivity contribution in [1.82, 2.24) is 15.1 Å². The van der Waals surface area contributed by atoms with E-state index in [2.05, 4.69) is 19.2 Å². The summed E-state index contributed by atoms with van der Waals surface area (Å²) in [7, 11) is 0. The van der Waals surface area contributed by atoms with Crippen molar-refractivity contribution in [3.8, 4) is 0 Å². The number of nitrogens with one attached hydrogen (secondary N) is 1. The van der Waals surface area contributed by atoms with Crippen molar-refractivity contribution < 1.29 is 29.4 Å². The molecule has 220 valence electrons. The Morgan fingerprint density at radius 2 is 1.79 bits per heavy atom. The van der Waals surface area contributed by atoms with Gasteiger partial charge in [0, 0.05) is 29.1 Å². The number of benzene rings is 2. The van der Waals surface area contributed by atoms with Gasteiger partial charge < -0.3 is 20.0 Å². The van der Waals surface area contributed by atoms with Gasteiger partial charge in [0.1, 0.15) is 17.7 Å². The molecule has 1 aliphatic carbocycles. The Kier molecular flexibility index (Phi) is 7.03. The molecule has 0 aromatic heterocycles. The van der Waals surface area contributed by atoms with E-state index >= 15 is 0 Å². The Labute approximate surface area is 249 Å². The average molecular weight is 592 g/mol. The molecule has 2 fully saturated rings. The van der Waals surface area contributed by atoms with Crippen LogP contribution in [0.3, 0.4) is 0 Å². The summed E-state index contributed by atoms with van der Waals surface area (Å²) < 4.78 is 0. The smallest absolute Gasteiger partial charge is 0.255 e. The SMILES string of the molecule is CC1(C)CCC(C(=O)N2CC(O)(C(O)c3ccc4c(c3)CN(C3CCC(=O)NC3=O)C4=O)C2)=C(c2ccc(Cl)cc2)C1. The van der Waals surface area contributed by atoms with Crippen molar-refractivity contribution in [2.45, 2.75) is 70.2 Å². The number of carbonyl (C=O) groups is 4. The van der Waals surface area contributed by atoms with E-state index in [1.54, 1.807) is 23.1 Å². The molecule has 42 heavy (non-hydrogen) atoms. The van der Waals surface area contributed by atoms with Crippen molar-refractivity contribution in [2.75, 3.05) is 13.1 Å². The van der Waals surface area contributed by atoms with Gasteiger partial charge in [-0.2, -0.15) is 0 Å². The van der Waals surface area contributed by atoms with Gasteiger partial charge in [0.25, 0.3) is 5.91 Å². The predicted molar refractivity (Wildman–Crippen MR) is 155 cm³/mol. The summed E-state index contributed by atoms with van der Waals surface area (Å²) in [5, 5.41) is 25.4. The van der Waals surface area contributed by atoms with Crippen LogP contribution in [0.4, 0.5) is 0 Å². The number of aliphatic hydroxyl groups excluding tert-OH is 1. The Balaban J connectivity index is 1.17. The van der Waals surface area contributed by atoms with Crippen molar-refractivity contribution in [1.29, 1.82) is 0 Å². The summed E-state index contributed by atoms with van der Waals surface area (Å²) in [6, 6.07) is 11.6. The van der Waals surface area contributed by atoms with Crippen LogP contribution in [0.15, 0.2) is 48.0 Å². The van der Waals surface area contributed by atoms with Crippen LogP contribution < -0.4 is 5.32 Å². The molecule has 0 spiro atoms. The van der Waals surface area contributed by atoms with Gasteiger partial charge in [0.05, 0.1) is 13.1 Å². The number of halogens is 1. The lowest BCUT2D eigenvalue weighted by atomic mass is 9.72. The minimum atomic E-state index is -1.54. The molecule has 10 heteroatoms. The number of fused-ring (bicyclic) bond motifs is 1. The standard InChI is InChI=1S/C32H34ClN3O6/c1-31(2)12-11-23(24(14-31)18-3-6-21(33)7-4-18)29(40)35-16-32(42,17-35)27(38)19-5-8-22-20(13-19)15-36(30(22)41)25-9-10-26(37)34-28(25)39/h3-8,13,25,27,38,42H,9-12,14-17H2,1-2H3,(H,34,37,39). The monoisotopic (exact) mass is 591 g/mol. The molecule has 4 amide bonds. The van der Waals surface area contributed by atoms with E-state index in [1.807, 2.05) is 24.3 Å². The lowest BCUT2D eigenvalue weighted by Crippen LogP contribution is -2.66. The number of β-amino-alcohol motifs (C(OH)–C–C–N with tert-alkyl or cyclic N) is 1. The maximum Gasteiger partial charge on any atom is 0.255 e. The van der Waals surface area contributed by atoms with Gasteiger partial charge in [-0.1, -0.05) is 49.7 Å². The first-order chi connectivity index (χ1) is 19.8. The van der Waals surface area contributed by atoms with E-state index in [4.69, 9.17) is 11.6 Å². The Bertz CT molecular complexity index is 1530. The number of allylic oxidation sites excluding steroid dienone is 1. The van der Waals surface area contributed by atoms with Gasteiger partial charge in [-0.15, -0.1) is 0 Å². The van der Waals surface area contributed by atoms with Crippen molar-refractivity contribution in [3.05, 3.63) is 75.3 Å². The van der Waals surface area contributed by atoms with Gasteiger partial charge in [-0.3, -0.25) is 24.5 Å². The summed E-state index contributed by atoms with van der Waals surface area (Å²) in [5.74, 6) is -1.28. The third-order valence-corrected chi connectivity index (χ3v) is 9.36. The topological polar surface area (TPSA) is 127 Å². The van der Waals surface area contributed by atoms with Crippen LogP contribution in [-0.2, 0) is 20.9 Å². The van der Waals surface area contributed by atoms with Crippen molar-refractivity contribution >= 4 is 40.8 Å². The molecule has 2 aromatic rings. The van der Waals surface area contributed by atoms with Crippen LogP contribution in [0, 0.1) is 5.41 Å². The second-order valence-electron chi connectivity index (χ2n) is 12.8. The fourth-order valence-electron chi connectivity index (χ4n) is 6.65. The molecule has 3 heterocycles. The van der Waals surface area contributed by atoms with Gasteiger partial charge in [-0.05, 0) is 71.6 Å². The van der Waals surface area contributed by atoms with Crippen LogP contribution in [0.5, 0.6) is 0 Å². The Morgan fingerprint density at radius 3 is 2.48 bits per heavy atom. The molecule has 0 radical (unpaired) electrons. The lowest BCUT2D eigenvalue weighted by Gasteiger charge is -2.49. The molecule has 2 unspecified atom stereocenters. The van der Waals surface area contributed by atoms with Gasteiger partial charge in [-0.25, -0.2) is 0 Å². The first kappa shape index (κ1) is 28.6. The quantitative estimate of drug-likeness (QED) is 0.458. The van der Waals surface area contributed by atoms with Crippen LogP contribution >= 0.6 is 11.6 Å². The first-order valence-corrected chi connectivity index (χ1v) is 14.7. The van der Waals surface area contributed by atoms with Crippen molar-refractivity contribution in [3.63, 3.8) is 0 Å². The fourth-order valence-corrected chi connectivity index (χ4v) is 6.77. The molecule has 3 aliphatic heterocycles. The number of likely N-dealkylation sites (tertiary alicyclic amines) is 1. The number of rotatable bonds is 5. The van der Waals surface area contributed by atoms with E-state index in [-0.39, 0.29) is 55.6 Å². The maximum atomic E-state index is 13.7. The molecule has 2 saturated heterocycles. The van der Waals surface area contributed by atoms with E-state index in [0.29, 0.717) is 28.1 Å². The lowest BCUT2D eigenvalue weighted by molar-refractivity contribution is -0.178. The molecule has 0 saturated carbocycles. The molecule has 3 N–H and O–H groups in total. The summed E-state index contributed by atoms with van der Waals surface area (Å²) in [6.07, 6.45) is 1.40. The van der Waals surface area contributed by atoms with Gasteiger partial charge in [0.15, 0.2) is 0 Å². The first-order valence-electron chi connectivity index (χ1n) is 14.3. The zero-order chi connectivity index (χ0) is 30.0. The number of aliphatic hydroxyl groups is 2. The molecule has 4 aliphatic rings. The van der Waals surface area contributed by atoms with E-state index in [9.17, 15) is 29.4 Å². The molecular formula is C32H34ClN3O6. The number of carbonyl (C=O) groups excluding carboxylic acids is 4. The second-order valence-corrected chi connectivity index (χ2v) is 13.2. The molecule has 9 nitrogen and oxygen atoms in total. The minimum Gasteiger partial charge on any atom is -0.385 e. The summed E-state index contributed by atoms with van der Waals surface area (Å²) >= 11 is 6.10. The minimum absolute atomic E-state index is 0.0216. The highest BCUT2D eigenvalue weighted by atomic mass is 35.5. The van der Waals surface area contributed by atoms with Crippen molar-refractivity contribution in [2.24, 2.45) is 5.41 Å². The third kappa shape index (κ3) is 5.03. The average Bonchev–Trinajstić information content (AvgIpc) is 3.25. The van der Waals surface area contributed by atoms with Gasteiger partial charge >= 0.3 is 0 Å². The fraction of sp³-hybridized carbons (Fsp3) is 0.438. The third-order valence-electron chi connectivity index (χ3n) is 9.11. The molecular weight excluding hydrogens is 558 g/mol.